The first-order chi connectivity index (χ1) is 10.0. The Bertz CT molecular complexity index is 671. The van der Waals surface area contributed by atoms with E-state index >= 15 is 0 Å². The van der Waals surface area contributed by atoms with E-state index in [9.17, 15) is 23.1 Å². The molecule has 0 saturated heterocycles. The molecule has 122 valence electrons. The van der Waals surface area contributed by atoms with Gasteiger partial charge >= 0.3 is 5.97 Å². The number of sulfone groups is 1. The Morgan fingerprint density at radius 1 is 1.32 bits per heavy atom. The molecule has 0 fully saturated rings. The highest BCUT2D eigenvalue weighted by atomic mass is 35.5. The predicted molar refractivity (Wildman–Crippen MR) is 83.5 cm³/mol. The molecule has 2 atom stereocenters. The average molecular weight is 348 g/mol. The average Bonchev–Trinajstić information content (AvgIpc) is 2.43. The second kappa shape index (κ2) is 6.66. The van der Waals surface area contributed by atoms with Crippen molar-refractivity contribution in [1.29, 1.82) is 0 Å². The molecule has 1 aromatic rings. The number of carbonyl (C=O) groups excluding carboxylic acids is 1. The Morgan fingerprint density at radius 2 is 1.82 bits per heavy atom. The van der Waals surface area contributed by atoms with Crippen LogP contribution in [0.25, 0.3) is 0 Å². The fourth-order valence-corrected chi connectivity index (χ4v) is 2.51. The Morgan fingerprint density at radius 3 is 2.18 bits per heavy atom. The fraction of sp³-hybridized carbons (Fsp3) is 0.429. The molecule has 0 bridgehead atoms. The topological polar surface area (TPSA) is 101 Å². The Labute approximate surface area is 134 Å². The van der Waals surface area contributed by atoms with Crippen molar-refractivity contribution in [1.82, 2.24) is 5.32 Å². The third kappa shape index (κ3) is 3.78. The number of benzene rings is 1. The second-order valence-electron chi connectivity index (χ2n) is 5.03. The van der Waals surface area contributed by atoms with E-state index in [-0.39, 0.29) is 6.42 Å². The molecular formula is C14H18ClNO5S. The van der Waals surface area contributed by atoms with Gasteiger partial charge in [-0.2, -0.15) is 0 Å². The fourth-order valence-electron chi connectivity index (χ4n) is 1.93. The van der Waals surface area contributed by atoms with Gasteiger partial charge in [0, 0.05) is 11.3 Å². The number of aliphatic carboxylic acids is 1. The number of rotatable bonds is 6. The zero-order chi connectivity index (χ0) is 17.1. The van der Waals surface area contributed by atoms with Gasteiger partial charge in [0.1, 0.15) is 5.25 Å². The van der Waals surface area contributed by atoms with Crippen molar-refractivity contribution in [3.63, 3.8) is 0 Å². The number of carbonyl (C=O) groups is 2. The minimum Gasteiger partial charge on any atom is -0.479 e. The third-order valence-corrected chi connectivity index (χ3v) is 5.33. The summed E-state index contributed by atoms with van der Waals surface area (Å²) in [6.45, 7) is 2.81. The molecule has 0 aromatic heterocycles. The van der Waals surface area contributed by atoms with Crippen molar-refractivity contribution in [3.8, 4) is 0 Å². The van der Waals surface area contributed by atoms with Crippen molar-refractivity contribution < 1.29 is 23.1 Å². The number of halogens is 1. The number of hydrogen-bond donors (Lipinski definition) is 2. The van der Waals surface area contributed by atoms with Crippen molar-refractivity contribution in [3.05, 3.63) is 34.9 Å². The van der Waals surface area contributed by atoms with Crippen LogP contribution in [0.3, 0.4) is 0 Å². The van der Waals surface area contributed by atoms with Crippen molar-refractivity contribution >= 4 is 33.3 Å². The van der Waals surface area contributed by atoms with Crippen LogP contribution in [0.15, 0.2) is 24.3 Å². The van der Waals surface area contributed by atoms with E-state index in [1.807, 2.05) is 0 Å². The van der Waals surface area contributed by atoms with E-state index in [0.717, 1.165) is 6.26 Å². The normalized spacial score (nSPS) is 15.6. The monoisotopic (exact) mass is 347 g/mol. The van der Waals surface area contributed by atoms with Crippen LogP contribution >= 0.6 is 11.6 Å². The van der Waals surface area contributed by atoms with Gasteiger partial charge in [0.25, 0.3) is 0 Å². The summed E-state index contributed by atoms with van der Waals surface area (Å²) < 4.78 is 22.9. The lowest BCUT2D eigenvalue weighted by atomic mass is 9.87. The molecular weight excluding hydrogens is 330 g/mol. The van der Waals surface area contributed by atoms with E-state index in [0.29, 0.717) is 10.6 Å². The molecule has 0 saturated carbocycles. The molecule has 0 aliphatic carbocycles. The van der Waals surface area contributed by atoms with Crippen LogP contribution in [0.5, 0.6) is 0 Å². The summed E-state index contributed by atoms with van der Waals surface area (Å²) in [5, 5.41) is 11.0. The largest absolute Gasteiger partial charge is 0.479 e. The smallest absolute Gasteiger partial charge is 0.334 e. The Kier molecular flexibility index (Phi) is 5.59. The van der Waals surface area contributed by atoms with Gasteiger partial charge in [-0.05, 0) is 31.0 Å². The lowest BCUT2D eigenvalue weighted by Gasteiger charge is -2.31. The first kappa shape index (κ1) is 18.4. The maximum atomic E-state index is 12.1. The highest BCUT2D eigenvalue weighted by Crippen LogP contribution is 2.27. The molecule has 22 heavy (non-hydrogen) atoms. The van der Waals surface area contributed by atoms with Gasteiger partial charge in [0.15, 0.2) is 15.4 Å². The summed E-state index contributed by atoms with van der Waals surface area (Å²) in [5.41, 5.74) is -1.39. The molecule has 1 amide bonds. The summed E-state index contributed by atoms with van der Waals surface area (Å²) in [5.74, 6) is -2.13. The van der Waals surface area contributed by atoms with E-state index < -0.39 is 32.5 Å². The van der Waals surface area contributed by atoms with Crippen LogP contribution < -0.4 is 5.32 Å². The minimum atomic E-state index is -3.62. The van der Waals surface area contributed by atoms with Gasteiger partial charge in [0.05, 0.1) is 0 Å². The van der Waals surface area contributed by atoms with E-state index in [2.05, 4.69) is 5.32 Å². The molecule has 0 aliphatic rings. The molecule has 6 nitrogen and oxygen atoms in total. The number of hydrogen-bond acceptors (Lipinski definition) is 4. The first-order valence-electron chi connectivity index (χ1n) is 6.55. The molecule has 2 unspecified atom stereocenters. The van der Waals surface area contributed by atoms with Gasteiger partial charge in [-0.3, -0.25) is 4.79 Å². The minimum absolute atomic E-state index is 0.0478. The van der Waals surface area contributed by atoms with Gasteiger partial charge in [-0.25, -0.2) is 13.2 Å². The van der Waals surface area contributed by atoms with Crippen LogP contribution in [-0.4, -0.2) is 36.9 Å². The maximum absolute atomic E-state index is 12.1. The van der Waals surface area contributed by atoms with Gasteiger partial charge < -0.3 is 10.4 Å². The summed E-state index contributed by atoms with van der Waals surface area (Å²) >= 11 is 5.79. The predicted octanol–water partition coefficient (Wildman–Crippen LogP) is 1.58. The van der Waals surface area contributed by atoms with Gasteiger partial charge in [0.2, 0.25) is 5.91 Å². The number of carboxylic acids is 1. The summed E-state index contributed by atoms with van der Waals surface area (Å²) in [7, 11) is -3.62. The van der Waals surface area contributed by atoms with E-state index in [1.165, 1.54) is 31.2 Å². The lowest BCUT2D eigenvalue weighted by Crippen LogP contribution is -2.54. The van der Waals surface area contributed by atoms with Crippen LogP contribution in [0.2, 0.25) is 5.02 Å². The molecule has 0 spiro atoms. The highest BCUT2D eigenvalue weighted by Gasteiger charge is 2.42. The van der Waals surface area contributed by atoms with Crippen LogP contribution in [0.1, 0.15) is 25.8 Å². The molecule has 2 N–H and O–H groups in total. The molecule has 0 aliphatic heterocycles. The van der Waals surface area contributed by atoms with Gasteiger partial charge in [-0.15, -0.1) is 0 Å². The Hall–Kier alpha value is -1.60. The van der Waals surface area contributed by atoms with Crippen molar-refractivity contribution in [2.75, 3.05) is 6.26 Å². The third-order valence-electron chi connectivity index (χ3n) is 3.58. The zero-order valence-corrected chi connectivity index (χ0v) is 14.0. The van der Waals surface area contributed by atoms with Crippen molar-refractivity contribution in [2.24, 2.45) is 0 Å². The van der Waals surface area contributed by atoms with Crippen molar-refractivity contribution in [2.45, 2.75) is 31.1 Å². The molecule has 0 heterocycles. The van der Waals surface area contributed by atoms with E-state index in [1.54, 1.807) is 6.92 Å². The summed E-state index contributed by atoms with van der Waals surface area (Å²) in [4.78, 5) is 23.9. The standard InChI is InChI=1S/C14H18ClNO5S/c1-4-14(13(18)19,10-5-7-11(15)8-6-10)16-12(17)9(2)22(3,20)21/h5-9H,4H2,1-3H3,(H,16,17)(H,18,19). The summed E-state index contributed by atoms with van der Waals surface area (Å²) in [6.07, 6.45) is 0.972. The molecule has 8 heteroatoms. The highest BCUT2D eigenvalue weighted by molar-refractivity contribution is 7.92. The van der Waals surface area contributed by atoms with Gasteiger partial charge in [-0.1, -0.05) is 30.7 Å². The maximum Gasteiger partial charge on any atom is 0.334 e. The molecule has 0 radical (unpaired) electrons. The van der Waals surface area contributed by atoms with E-state index in [4.69, 9.17) is 11.6 Å². The SMILES string of the molecule is CCC(NC(=O)C(C)S(C)(=O)=O)(C(=O)O)c1ccc(Cl)cc1. The number of carboxylic acid groups (broad SMARTS) is 1. The number of nitrogens with one attached hydrogen (secondary N) is 1. The zero-order valence-electron chi connectivity index (χ0n) is 12.5. The Balaban J connectivity index is 3.27. The molecule has 1 rings (SSSR count). The van der Waals surface area contributed by atoms with Crippen LogP contribution in [0.4, 0.5) is 0 Å². The first-order valence-corrected chi connectivity index (χ1v) is 8.88. The summed E-state index contributed by atoms with van der Waals surface area (Å²) in [6, 6.07) is 6.00. The van der Waals surface area contributed by atoms with Crippen LogP contribution in [0, 0.1) is 0 Å². The quantitative estimate of drug-likeness (QED) is 0.813. The second-order valence-corrected chi connectivity index (χ2v) is 7.83. The molecule has 1 aromatic carbocycles. The lowest BCUT2D eigenvalue weighted by molar-refractivity contribution is -0.148. The number of amides is 1. The van der Waals surface area contributed by atoms with Crippen LogP contribution in [-0.2, 0) is 25.0 Å².